The number of para-hydroxylation sites is 2. The second-order valence-corrected chi connectivity index (χ2v) is 8.44. The Labute approximate surface area is 178 Å². The molecule has 0 radical (unpaired) electrons. The van der Waals surface area contributed by atoms with Gasteiger partial charge in [-0.1, -0.05) is 55.0 Å². The van der Waals surface area contributed by atoms with Gasteiger partial charge in [0.25, 0.3) is 5.91 Å². The standard InChI is InChI=1S/C27H28N2O/c30-27(24-12-8-9-21(19-24)20-28-17-6-1-7-18-28)29-25-13-4-2-10-22(25)15-16-23-11-3-5-14-26(23)29/h2-5,8-14,19H,1,6-7,15-18,20H2. The number of piperidine rings is 1. The van der Waals surface area contributed by atoms with Crippen LogP contribution < -0.4 is 4.90 Å². The molecule has 0 saturated carbocycles. The molecule has 0 bridgehead atoms. The van der Waals surface area contributed by atoms with Gasteiger partial charge in [-0.15, -0.1) is 0 Å². The summed E-state index contributed by atoms with van der Waals surface area (Å²) in [5.74, 6) is 0.0531. The molecule has 0 atom stereocenters. The van der Waals surface area contributed by atoms with Gasteiger partial charge in [0.15, 0.2) is 0 Å². The van der Waals surface area contributed by atoms with Gasteiger partial charge >= 0.3 is 0 Å². The minimum atomic E-state index is 0.0531. The largest absolute Gasteiger partial charge is 0.299 e. The van der Waals surface area contributed by atoms with Crippen LogP contribution in [0, 0.1) is 0 Å². The fraction of sp³-hybridized carbons (Fsp3) is 0.296. The molecule has 0 aliphatic carbocycles. The number of amides is 1. The monoisotopic (exact) mass is 396 g/mol. The third-order valence-corrected chi connectivity index (χ3v) is 6.36. The van der Waals surface area contributed by atoms with Crippen LogP contribution in [0.15, 0.2) is 72.8 Å². The molecule has 5 rings (SSSR count). The Morgan fingerprint density at radius 1 is 0.733 bits per heavy atom. The molecule has 0 spiro atoms. The van der Waals surface area contributed by atoms with Crippen LogP contribution in [-0.2, 0) is 19.4 Å². The lowest BCUT2D eigenvalue weighted by Gasteiger charge is -2.27. The summed E-state index contributed by atoms with van der Waals surface area (Å²) in [6, 6.07) is 24.9. The van der Waals surface area contributed by atoms with Crippen molar-refractivity contribution in [2.75, 3.05) is 18.0 Å². The second kappa shape index (κ2) is 8.45. The summed E-state index contributed by atoms with van der Waals surface area (Å²) in [6.45, 7) is 3.24. The summed E-state index contributed by atoms with van der Waals surface area (Å²) in [6.07, 6.45) is 5.79. The molecule has 3 aromatic carbocycles. The molecule has 2 aliphatic heterocycles. The van der Waals surface area contributed by atoms with Crippen molar-refractivity contribution in [2.24, 2.45) is 0 Å². The Bertz CT molecular complexity index is 1000. The Morgan fingerprint density at radius 2 is 1.37 bits per heavy atom. The lowest BCUT2D eigenvalue weighted by Crippen LogP contribution is -2.29. The van der Waals surface area contributed by atoms with E-state index in [0.717, 1.165) is 49.4 Å². The first-order valence-corrected chi connectivity index (χ1v) is 11.1. The summed E-state index contributed by atoms with van der Waals surface area (Å²) < 4.78 is 0. The highest BCUT2D eigenvalue weighted by Gasteiger charge is 2.26. The average Bonchev–Trinajstić information content (AvgIpc) is 2.96. The predicted molar refractivity (Wildman–Crippen MR) is 122 cm³/mol. The highest BCUT2D eigenvalue weighted by Crippen LogP contribution is 2.37. The van der Waals surface area contributed by atoms with Crippen molar-refractivity contribution in [3.05, 3.63) is 95.1 Å². The highest BCUT2D eigenvalue weighted by molar-refractivity contribution is 6.12. The number of benzene rings is 3. The van der Waals surface area contributed by atoms with E-state index < -0.39 is 0 Å². The molecule has 0 N–H and O–H groups in total. The average molecular weight is 397 g/mol. The SMILES string of the molecule is O=C(c1cccc(CN2CCCCC2)c1)N1c2ccccc2CCc2ccccc21. The van der Waals surface area contributed by atoms with Crippen molar-refractivity contribution in [2.45, 2.75) is 38.6 Å². The van der Waals surface area contributed by atoms with Crippen molar-refractivity contribution in [1.82, 2.24) is 4.90 Å². The van der Waals surface area contributed by atoms with Gasteiger partial charge in [-0.3, -0.25) is 14.6 Å². The van der Waals surface area contributed by atoms with Crippen LogP contribution in [-0.4, -0.2) is 23.9 Å². The minimum absolute atomic E-state index is 0.0531. The molecule has 1 fully saturated rings. The Morgan fingerprint density at radius 3 is 2.03 bits per heavy atom. The smallest absolute Gasteiger partial charge is 0.262 e. The van der Waals surface area contributed by atoms with Gasteiger partial charge in [-0.25, -0.2) is 0 Å². The van der Waals surface area contributed by atoms with Gasteiger partial charge in [-0.2, -0.15) is 0 Å². The lowest BCUT2D eigenvalue weighted by atomic mass is 10.0. The number of hydrogen-bond acceptors (Lipinski definition) is 2. The quantitative estimate of drug-likeness (QED) is 0.563. The van der Waals surface area contributed by atoms with E-state index in [4.69, 9.17) is 0 Å². The topological polar surface area (TPSA) is 23.6 Å². The Hall–Kier alpha value is -2.91. The first-order chi connectivity index (χ1) is 14.8. The molecule has 1 saturated heterocycles. The van der Waals surface area contributed by atoms with E-state index in [1.807, 2.05) is 29.2 Å². The van der Waals surface area contributed by atoms with E-state index in [9.17, 15) is 4.79 Å². The lowest BCUT2D eigenvalue weighted by molar-refractivity contribution is 0.0999. The van der Waals surface area contributed by atoms with Crippen molar-refractivity contribution in [3.8, 4) is 0 Å². The number of anilines is 2. The number of hydrogen-bond donors (Lipinski definition) is 0. The molecule has 0 unspecified atom stereocenters. The number of rotatable bonds is 3. The highest BCUT2D eigenvalue weighted by atomic mass is 16.2. The van der Waals surface area contributed by atoms with Gasteiger partial charge in [-0.05, 0) is 79.7 Å². The maximum Gasteiger partial charge on any atom is 0.262 e. The van der Waals surface area contributed by atoms with Crippen LogP contribution in [0.25, 0.3) is 0 Å². The molecule has 3 aromatic rings. The van der Waals surface area contributed by atoms with E-state index in [2.05, 4.69) is 53.4 Å². The zero-order valence-electron chi connectivity index (χ0n) is 17.4. The van der Waals surface area contributed by atoms with Crippen molar-refractivity contribution >= 4 is 17.3 Å². The summed E-state index contributed by atoms with van der Waals surface area (Å²) in [5, 5.41) is 0. The summed E-state index contributed by atoms with van der Waals surface area (Å²) in [4.78, 5) is 18.3. The Balaban J connectivity index is 1.51. The predicted octanol–water partition coefficient (Wildman–Crippen LogP) is 5.75. The van der Waals surface area contributed by atoms with Crippen molar-refractivity contribution in [3.63, 3.8) is 0 Å². The molecule has 3 heteroatoms. The molecule has 2 aliphatic rings. The maximum atomic E-state index is 13.8. The number of carbonyl (C=O) groups is 1. The summed E-state index contributed by atoms with van der Waals surface area (Å²) >= 11 is 0. The molecule has 2 heterocycles. The molecule has 30 heavy (non-hydrogen) atoms. The maximum absolute atomic E-state index is 13.8. The van der Waals surface area contributed by atoms with E-state index in [1.54, 1.807) is 0 Å². The zero-order chi connectivity index (χ0) is 20.3. The van der Waals surface area contributed by atoms with Crippen LogP contribution >= 0.6 is 0 Å². The van der Waals surface area contributed by atoms with Gasteiger partial charge in [0.2, 0.25) is 0 Å². The molecular formula is C27H28N2O. The summed E-state index contributed by atoms with van der Waals surface area (Å²) in [7, 11) is 0. The third-order valence-electron chi connectivity index (χ3n) is 6.36. The number of likely N-dealkylation sites (tertiary alicyclic amines) is 1. The van der Waals surface area contributed by atoms with Crippen LogP contribution in [0.5, 0.6) is 0 Å². The second-order valence-electron chi connectivity index (χ2n) is 8.44. The fourth-order valence-electron chi connectivity index (χ4n) is 4.81. The van der Waals surface area contributed by atoms with Crippen LogP contribution in [0.2, 0.25) is 0 Å². The summed E-state index contributed by atoms with van der Waals surface area (Å²) in [5.41, 5.74) is 6.45. The van der Waals surface area contributed by atoms with E-state index in [1.165, 1.54) is 36.0 Å². The molecular weight excluding hydrogens is 368 g/mol. The molecule has 0 aromatic heterocycles. The van der Waals surface area contributed by atoms with Gasteiger partial charge in [0, 0.05) is 12.1 Å². The number of carbonyl (C=O) groups excluding carboxylic acids is 1. The van der Waals surface area contributed by atoms with Crippen LogP contribution in [0.3, 0.4) is 0 Å². The van der Waals surface area contributed by atoms with Crippen LogP contribution in [0.1, 0.15) is 46.3 Å². The minimum Gasteiger partial charge on any atom is -0.299 e. The molecule has 1 amide bonds. The zero-order valence-corrected chi connectivity index (χ0v) is 17.4. The molecule has 3 nitrogen and oxygen atoms in total. The van der Waals surface area contributed by atoms with E-state index >= 15 is 0 Å². The number of aryl methyl sites for hydroxylation is 2. The first kappa shape index (κ1) is 19.1. The van der Waals surface area contributed by atoms with Gasteiger partial charge in [0.1, 0.15) is 0 Å². The van der Waals surface area contributed by atoms with E-state index in [-0.39, 0.29) is 5.91 Å². The number of nitrogens with zero attached hydrogens (tertiary/aromatic N) is 2. The number of fused-ring (bicyclic) bond motifs is 2. The van der Waals surface area contributed by atoms with Crippen molar-refractivity contribution in [1.29, 1.82) is 0 Å². The van der Waals surface area contributed by atoms with Crippen LogP contribution in [0.4, 0.5) is 11.4 Å². The third kappa shape index (κ3) is 3.78. The van der Waals surface area contributed by atoms with Crippen molar-refractivity contribution < 1.29 is 4.79 Å². The van der Waals surface area contributed by atoms with Gasteiger partial charge in [0.05, 0.1) is 11.4 Å². The Kier molecular flexibility index (Phi) is 5.37. The fourth-order valence-corrected chi connectivity index (χ4v) is 4.81. The first-order valence-electron chi connectivity index (χ1n) is 11.1. The van der Waals surface area contributed by atoms with E-state index in [0.29, 0.717) is 0 Å². The molecule has 152 valence electrons. The normalized spacial score (nSPS) is 16.5. The van der Waals surface area contributed by atoms with Gasteiger partial charge < -0.3 is 0 Å².